The standard InChI is InChI=1S/C18H18N6O2/c19-5-8-22-18(25)26-13-3-9-24(10-4-13)17-15-12(1-6-21-17)11-23-16-14(15)2-7-20-16/h1-2,6-7,11,13H,3-4,8-10H2,(H,20,23)(H,22,25). The van der Waals surface area contributed by atoms with Crippen LogP contribution in [0.5, 0.6) is 0 Å². The van der Waals surface area contributed by atoms with Gasteiger partial charge in [0.1, 0.15) is 24.1 Å². The van der Waals surface area contributed by atoms with E-state index < -0.39 is 6.09 Å². The van der Waals surface area contributed by atoms with E-state index in [1.807, 2.05) is 30.6 Å². The number of nitriles is 1. The van der Waals surface area contributed by atoms with Crippen LogP contribution in [-0.4, -0.2) is 46.8 Å². The minimum Gasteiger partial charge on any atom is -0.446 e. The highest BCUT2D eigenvalue weighted by Crippen LogP contribution is 2.32. The predicted molar refractivity (Wildman–Crippen MR) is 96.7 cm³/mol. The van der Waals surface area contributed by atoms with Crippen LogP contribution in [0.1, 0.15) is 12.8 Å². The molecule has 3 aromatic heterocycles. The highest BCUT2D eigenvalue weighted by Gasteiger charge is 2.24. The number of fused-ring (bicyclic) bond motifs is 3. The Balaban J connectivity index is 1.52. The molecule has 1 amide bonds. The molecule has 0 saturated carbocycles. The largest absolute Gasteiger partial charge is 0.446 e. The zero-order valence-corrected chi connectivity index (χ0v) is 14.1. The molecule has 0 aromatic carbocycles. The van der Waals surface area contributed by atoms with Crippen molar-refractivity contribution >= 4 is 33.7 Å². The van der Waals surface area contributed by atoms with Gasteiger partial charge in [-0.2, -0.15) is 5.26 Å². The molecule has 2 N–H and O–H groups in total. The Kier molecular flexibility index (Phi) is 4.27. The van der Waals surface area contributed by atoms with Crippen molar-refractivity contribution < 1.29 is 9.53 Å². The SMILES string of the molecule is N#CCNC(=O)OC1CCN(c2nccc3cnc4[nH]ccc4c23)CC1. The summed E-state index contributed by atoms with van der Waals surface area (Å²) in [6.45, 7) is 1.45. The molecule has 0 aliphatic carbocycles. The van der Waals surface area contributed by atoms with Gasteiger partial charge < -0.3 is 19.9 Å². The number of hydrogen-bond acceptors (Lipinski definition) is 6. The molecule has 0 bridgehead atoms. The van der Waals surface area contributed by atoms with Crippen molar-refractivity contribution in [1.82, 2.24) is 20.3 Å². The Labute approximate surface area is 149 Å². The molecule has 0 radical (unpaired) electrons. The first kappa shape index (κ1) is 16.1. The molecule has 4 heterocycles. The van der Waals surface area contributed by atoms with Crippen LogP contribution < -0.4 is 10.2 Å². The molecule has 26 heavy (non-hydrogen) atoms. The maximum Gasteiger partial charge on any atom is 0.408 e. The third-order valence-corrected chi connectivity index (χ3v) is 4.62. The van der Waals surface area contributed by atoms with Crippen LogP contribution in [0, 0.1) is 11.3 Å². The molecule has 0 spiro atoms. The number of piperidine rings is 1. The first-order valence-electron chi connectivity index (χ1n) is 8.53. The molecule has 1 fully saturated rings. The second kappa shape index (κ2) is 6.88. The van der Waals surface area contributed by atoms with E-state index in [0.717, 1.165) is 53.6 Å². The summed E-state index contributed by atoms with van der Waals surface area (Å²) in [6, 6.07) is 5.84. The molecule has 0 atom stereocenters. The van der Waals surface area contributed by atoms with Crippen LogP contribution in [0.2, 0.25) is 0 Å². The molecule has 132 valence electrons. The minimum absolute atomic E-state index is 0.0434. The van der Waals surface area contributed by atoms with E-state index >= 15 is 0 Å². The van der Waals surface area contributed by atoms with E-state index in [4.69, 9.17) is 10.00 Å². The number of amides is 1. The normalized spacial score (nSPS) is 15.1. The minimum atomic E-state index is -0.534. The highest BCUT2D eigenvalue weighted by molar-refractivity contribution is 6.10. The van der Waals surface area contributed by atoms with E-state index in [2.05, 4.69) is 25.2 Å². The number of carbonyl (C=O) groups is 1. The van der Waals surface area contributed by atoms with E-state index in [-0.39, 0.29) is 12.6 Å². The summed E-state index contributed by atoms with van der Waals surface area (Å²) >= 11 is 0. The molecule has 1 aliphatic heterocycles. The monoisotopic (exact) mass is 350 g/mol. The number of ether oxygens (including phenoxy) is 1. The number of carbonyl (C=O) groups excluding carboxylic acids is 1. The molecular formula is C18H18N6O2. The lowest BCUT2D eigenvalue weighted by molar-refractivity contribution is 0.0841. The summed E-state index contributed by atoms with van der Waals surface area (Å²) in [5, 5.41) is 14.1. The smallest absolute Gasteiger partial charge is 0.408 e. The summed E-state index contributed by atoms with van der Waals surface area (Å²) < 4.78 is 5.36. The van der Waals surface area contributed by atoms with Gasteiger partial charge in [0.05, 0.1) is 6.07 Å². The van der Waals surface area contributed by atoms with Gasteiger partial charge in [0, 0.05) is 60.7 Å². The molecule has 3 aromatic rings. The van der Waals surface area contributed by atoms with E-state index in [1.165, 1.54) is 0 Å². The quantitative estimate of drug-likeness (QED) is 0.702. The van der Waals surface area contributed by atoms with E-state index in [1.54, 1.807) is 6.20 Å². The fourth-order valence-electron chi connectivity index (χ4n) is 3.38. The Morgan fingerprint density at radius 2 is 2.23 bits per heavy atom. The van der Waals surface area contributed by atoms with E-state index in [0.29, 0.717) is 0 Å². The zero-order chi connectivity index (χ0) is 17.9. The van der Waals surface area contributed by atoms with Crippen molar-refractivity contribution in [3.05, 3.63) is 30.7 Å². The number of H-pyrrole nitrogens is 1. The lowest BCUT2D eigenvalue weighted by atomic mass is 10.1. The van der Waals surface area contributed by atoms with Gasteiger partial charge in [-0.05, 0) is 12.1 Å². The molecule has 0 unspecified atom stereocenters. The van der Waals surface area contributed by atoms with Crippen LogP contribution in [0.3, 0.4) is 0 Å². The van der Waals surface area contributed by atoms with Crippen LogP contribution in [-0.2, 0) is 4.74 Å². The van der Waals surface area contributed by atoms with Crippen LogP contribution in [0.25, 0.3) is 21.8 Å². The van der Waals surface area contributed by atoms with Gasteiger partial charge in [0.25, 0.3) is 0 Å². The summed E-state index contributed by atoms with van der Waals surface area (Å²) in [5.41, 5.74) is 0.846. The lowest BCUT2D eigenvalue weighted by Gasteiger charge is -2.33. The van der Waals surface area contributed by atoms with Gasteiger partial charge in [-0.1, -0.05) is 0 Å². The van der Waals surface area contributed by atoms with Gasteiger partial charge in [0.2, 0.25) is 0 Å². The molecule has 8 heteroatoms. The number of nitrogens with zero attached hydrogens (tertiary/aromatic N) is 4. The van der Waals surface area contributed by atoms with Crippen molar-refractivity contribution in [2.45, 2.75) is 18.9 Å². The fraction of sp³-hybridized carbons (Fsp3) is 0.333. The number of aromatic amines is 1. The Morgan fingerprint density at radius 3 is 3.04 bits per heavy atom. The van der Waals surface area contributed by atoms with E-state index in [9.17, 15) is 4.79 Å². The van der Waals surface area contributed by atoms with Crippen molar-refractivity contribution in [2.75, 3.05) is 24.5 Å². The number of hydrogen-bond donors (Lipinski definition) is 2. The zero-order valence-electron chi connectivity index (χ0n) is 14.1. The van der Waals surface area contributed by atoms with Crippen molar-refractivity contribution in [3.63, 3.8) is 0 Å². The second-order valence-corrected chi connectivity index (χ2v) is 6.20. The van der Waals surface area contributed by atoms with Crippen molar-refractivity contribution in [2.24, 2.45) is 0 Å². The third kappa shape index (κ3) is 2.99. The van der Waals surface area contributed by atoms with Crippen LogP contribution >= 0.6 is 0 Å². The molecule has 1 aliphatic rings. The molecular weight excluding hydrogens is 332 g/mol. The van der Waals surface area contributed by atoms with Crippen molar-refractivity contribution in [3.8, 4) is 6.07 Å². The van der Waals surface area contributed by atoms with Gasteiger partial charge in [-0.15, -0.1) is 0 Å². The highest BCUT2D eigenvalue weighted by atomic mass is 16.6. The Hall–Kier alpha value is -3.34. The topological polar surface area (TPSA) is 107 Å². The van der Waals surface area contributed by atoms with Crippen molar-refractivity contribution in [1.29, 1.82) is 5.26 Å². The number of anilines is 1. The van der Waals surface area contributed by atoms with Crippen LogP contribution in [0.4, 0.5) is 10.6 Å². The predicted octanol–water partition coefficient (Wildman–Crippen LogP) is 2.33. The first-order chi connectivity index (χ1) is 12.8. The second-order valence-electron chi connectivity index (χ2n) is 6.20. The summed E-state index contributed by atoms with van der Waals surface area (Å²) in [7, 11) is 0. The Bertz CT molecular complexity index is 984. The maximum atomic E-state index is 11.6. The molecule has 4 rings (SSSR count). The number of alkyl carbamates (subject to hydrolysis) is 1. The third-order valence-electron chi connectivity index (χ3n) is 4.62. The number of pyridine rings is 2. The van der Waals surface area contributed by atoms with Gasteiger partial charge in [0.15, 0.2) is 0 Å². The Morgan fingerprint density at radius 1 is 1.38 bits per heavy atom. The van der Waals surface area contributed by atoms with Gasteiger partial charge in [-0.25, -0.2) is 14.8 Å². The number of aromatic nitrogens is 3. The molecule has 1 saturated heterocycles. The maximum absolute atomic E-state index is 11.6. The summed E-state index contributed by atoms with van der Waals surface area (Å²) in [4.78, 5) is 26.0. The first-order valence-corrected chi connectivity index (χ1v) is 8.53. The summed E-state index contributed by atoms with van der Waals surface area (Å²) in [6.07, 6.45) is 6.30. The lowest BCUT2D eigenvalue weighted by Crippen LogP contribution is -2.40. The summed E-state index contributed by atoms with van der Waals surface area (Å²) in [5.74, 6) is 0.932. The number of nitrogens with one attached hydrogen (secondary N) is 2. The van der Waals surface area contributed by atoms with Gasteiger partial charge in [-0.3, -0.25) is 0 Å². The molecule has 8 nitrogen and oxygen atoms in total. The van der Waals surface area contributed by atoms with Crippen LogP contribution in [0.15, 0.2) is 30.7 Å². The fourth-order valence-corrected chi connectivity index (χ4v) is 3.38. The average molecular weight is 350 g/mol. The van der Waals surface area contributed by atoms with Gasteiger partial charge >= 0.3 is 6.09 Å². The number of rotatable bonds is 3. The average Bonchev–Trinajstić information content (AvgIpc) is 3.15.